The summed E-state index contributed by atoms with van der Waals surface area (Å²) in [6, 6.07) is 5.86. The number of unbranched alkanes of at least 4 members (excludes halogenated alkanes) is 3. The van der Waals surface area contributed by atoms with Crippen LogP contribution >= 0.6 is 0 Å². The van der Waals surface area contributed by atoms with Crippen molar-refractivity contribution in [3.8, 4) is 0 Å². The van der Waals surface area contributed by atoms with Gasteiger partial charge in [-0.3, -0.25) is 9.59 Å². The molecule has 0 bridgehead atoms. The number of nitrogens with one attached hydrogen (secondary N) is 2. The molecule has 202 valence electrons. The molecule has 0 aliphatic heterocycles. The SMILES string of the molecule is C=Cc1cccc(C(C(=O)NCCCCC)N(CCCC)C(=O)C(NC(=O)OC(C)(C)C)C(C)C)c1. The third-order valence-electron chi connectivity index (χ3n) is 5.74. The molecule has 0 saturated heterocycles. The molecular formula is C29H47N3O4. The van der Waals surface area contributed by atoms with Crippen LogP contribution in [0.15, 0.2) is 30.8 Å². The van der Waals surface area contributed by atoms with Crippen LogP contribution in [-0.2, 0) is 14.3 Å². The van der Waals surface area contributed by atoms with Gasteiger partial charge >= 0.3 is 6.09 Å². The van der Waals surface area contributed by atoms with E-state index < -0.39 is 23.8 Å². The van der Waals surface area contributed by atoms with Crippen molar-refractivity contribution in [1.29, 1.82) is 0 Å². The van der Waals surface area contributed by atoms with E-state index in [1.165, 1.54) is 0 Å². The molecule has 7 heteroatoms. The van der Waals surface area contributed by atoms with Crippen LogP contribution in [0.25, 0.3) is 6.08 Å². The number of carbonyl (C=O) groups is 3. The lowest BCUT2D eigenvalue weighted by Crippen LogP contribution is -2.55. The second kappa shape index (κ2) is 15.3. The van der Waals surface area contributed by atoms with Crippen LogP contribution in [0, 0.1) is 5.92 Å². The van der Waals surface area contributed by atoms with E-state index in [4.69, 9.17) is 4.74 Å². The molecule has 0 aromatic heterocycles. The molecule has 0 aliphatic rings. The second-order valence-electron chi connectivity index (χ2n) is 10.5. The first-order chi connectivity index (χ1) is 16.9. The highest BCUT2D eigenvalue weighted by Gasteiger charge is 2.37. The lowest BCUT2D eigenvalue weighted by molar-refractivity contribution is -0.143. The fraction of sp³-hybridized carbons (Fsp3) is 0.621. The number of benzene rings is 1. The van der Waals surface area contributed by atoms with Gasteiger partial charge in [-0.25, -0.2) is 4.79 Å². The Hall–Kier alpha value is -2.83. The van der Waals surface area contributed by atoms with Gasteiger partial charge in [0.05, 0.1) is 0 Å². The van der Waals surface area contributed by atoms with E-state index in [9.17, 15) is 14.4 Å². The van der Waals surface area contributed by atoms with E-state index in [1.807, 2.05) is 45.0 Å². The molecular weight excluding hydrogens is 454 g/mol. The monoisotopic (exact) mass is 501 g/mol. The van der Waals surface area contributed by atoms with Crippen molar-refractivity contribution in [2.45, 2.75) is 98.3 Å². The number of ether oxygens (including phenoxy) is 1. The Balaban J connectivity index is 3.42. The number of rotatable bonds is 14. The molecule has 1 aromatic rings. The predicted octanol–water partition coefficient (Wildman–Crippen LogP) is 5.86. The number of hydrogen-bond donors (Lipinski definition) is 2. The Morgan fingerprint density at radius 2 is 1.75 bits per heavy atom. The van der Waals surface area contributed by atoms with Crippen LogP contribution in [-0.4, -0.2) is 47.5 Å². The summed E-state index contributed by atoms with van der Waals surface area (Å²) in [6.07, 6.45) is 5.59. The zero-order valence-corrected chi connectivity index (χ0v) is 23.4. The maximum Gasteiger partial charge on any atom is 0.408 e. The van der Waals surface area contributed by atoms with Gasteiger partial charge in [-0.05, 0) is 56.7 Å². The number of hydrogen-bond acceptors (Lipinski definition) is 4. The fourth-order valence-corrected chi connectivity index (χ4v) is 3.83. The summed E-state index contributed by atoms with van der Waals surface area (Å²) in [7, 11) is 0. The molecule has 3 amide bonds. The standard InChI is InChI=1S/C29H47N3O4/c1-9-12-14-18-30-26(33)25(23-17-15-16-22(11-3)20-23)32(19-13-10-2)27(34)24(21(4)5)31-28(35)36-29(6,7)8/h11,15-17,20-21,24-25H,3,9-10,12-14,18-19H2,1-2,4-8H3,(H,30,33)(H,31,35). The van der Waals surface area contributed by atoms with Gasteiger partial charge in [0.15, 0.2) is 0 Å². The molecule has 2 unspecified atom stereocenters. The summed E-state index contributed by atoms with van der Waals surface area (Å²) in [5.74, 6) is -0.736. The number of carbonyl (C=O) groups excluding carboxylic acids is 3. The van der Waals surface area contributed by atoms with E-state index in [0.29, 0.717) is 18.7 Å². The van der Waals surface area contributed by atoms with Crippen LogP contribution in [0.2, 0.25) is 0 Å². The fourth-order valence-electron chi connectivity index (χ4n) is 3.83. The van der Waals surface area contributed by atoms with Crippen LogP contribution in [0.3, 0.4) is 0 Å². The summed E-state index contributed by atoms with van der Waals surface area (Å²) in [5, 5.41) is 5.79. The van der Waals surface area contributed by atoms with Gasteiger partial charge < -0.3 is 20.3 Å². The second-order valence-corrected chi connectivity index (χ2v) is 10.5. The van der Waals surface area contributed by atoms with Crippen molar-refractivity contribution in [3.05, 3.63) is 42.0 Å². The average molecular weight is 502 g/mol. The van der Waals surface area contributed by atoms with E-state index in [0.717, 1.165) is 37.7 Å². The van der Waals surface area contributed by atoms with Crippen LogP contribution in [0.5, 0.6) is 0 Å². The summed E-state index contributed by atoms with van der Waals surface area (Å²) in [6.45, 7) is 18.0. The number of amides is 3. The molecule has 0 fully saturated rings. The van der Waals surface area contributed by atoms with Crippen LogP contribution in [0.4, 0.5) is 4.79 Å². The zero-order chi connectivity index (χ0) is 27.3. The molecule has 0 heterocycles. The smallest absolute Gasteiger partial charge is 0.408 e. The van der Waals surface area contributed by atoms with E-state index >= 15 is 0 Å². The van der Waals surface area contributed by atoms with Crippen molar-refractivity contribution in [2.24, 2.45) is 5.92 Å². The first-order valence-electron chi connectivity index (χ1n) is 13.2. The maximum absolute atomic E-state index is 14.0. The van der Waals surface area contributed by atoms with E-state index in [1.54, 1.807) is 31.7 Å². The minimum absolute atomic E-state index is 0.207. The number of alkyl carbamates (subject to hydrolysis) is 1. The van der Waals surface area contributed by atoms with Gasteiger partial charge in [0.1, 0.15) is 17.7 Å². The maximum atomic E-state index is 14.0. The largest absolute Gasteiger partial charge is 0.444 e. The molecule has 1 aromatic carbocycles. The summed E-state index contributed by atoms with van der Waals surface area (Å²) in [4.78, 5) is 41.8. The Morgan fingerprint density at radius 3 is 2.31 bits per heavy atom. The highest BCUT2D eigenvalue weighted by Crippen LogP contribution is 2.26. The van der Waals surface area contributed by atoms with Crippen LogP contribution < -0.4 is 10.6 Å². The number of nitrogens with zero attached hydrogens (tertiary/aromatic N) is 1. The highest BCUT2D eigenvalue weighted by atomic mass is 16.6. The molecule has 36 heavy (non-hydrogen) atoms. The summed E-state index contributed by atoms with van der Waals surface area (Å²) < 4.78 is 5.42. The molecule has 1 rings (SSSR count). The third-order valence-corrected chi connectivity index (χ3v) is 5.74. The summed E-state index contributed by atoms with van der Waals surface area (Å²) >= 11 is 0. The van der Waals surface area contributed by atoms with E-state index in [2.05, 4.69) is 24.1 Å². The lowest BCUT2D eigenvalue weighted by atomic mass is 9.97. The third kappa shape index (κ3) is 10.4. The van der Waals surface area contributed by atoms with Gasteiger partial charge in [0.2, 0.25) is 11.8 Å². The molecule has 0 aliphatic carbocycles. The van der Waals surface area contributed by atoms with Crippen molar-refractivity contribution < 1.29 is 19.1 Å². The topological polar surface area (TPSA) is 87.7 Å². The minimum Gasteiger partial charge on any atom is -0.444 e. The molecule has 2 N–H and O–H groups in total. The lowest BCUT2D eigenvalue weighted by Gasteiger charge is -2.35. The van der Waals surface area contributed by atoms with Crippen molar-refractivity contribution >= 4 is 24.0 Å². The van der Waals surface area contributed by atoms with E-state index in [-0.39, 0.29) is 17.7 Å². The molecule has 0 saturated carbocycles. The van der Waals surface area contributed by atoms with Gasteiger partial charge in [0, 0.05) is 13.1 Å². The normalized spacial score (nSPS) is 13.0. The van der Waals surface area contributed by atoms with Gasteiger partial charge in [-0.15, -0.1) is 0 Å². The Bertz CT molecular complexity index is 860. The molecule has 7 nitrogen and oxygen atoms in total. The van der Waals surface area contributed by atoms with Gasteiger partial charge in [-0.2, -0.15) is 0 Å². The first kappa shape index (κ1) is 31.2. The summed E-state index contributed by atoms with van der Waals surface area (Å²) in [5.41, 5.74) is 0.888. The quantitative estimate of drug-likeness (QED) is 0.313. The van der Waals surface area contributed by atoms with Crippen LogP contribution in [0.1, 0.15) is 97.7 Å². The molecule has 2 atom stereocenters. The molecule has 0 radical (unpaired) electrons. The van der Waals surface area contributed by atoms with Gasteiger partial charge in [-0.1, -0.05) is 77.8 Å². The van der Waals surface area contributed by atoms with Crippen molar-refractivity contribution in [2.75, 3.05) is 13.1 Å². The average Bonchev–Trinajstić information content (AvgIpc) is 2.81. The zero-order valence-electron chi connectivity index (χ0n) is 23.4. The predicted molar refractivity (Wildman–Crippen MR) is 146 cm³/mol. The molecule has 0 spiro atoms. The Kier molecular flexibility index (Phi) is 13.3. The minimum atomic E-state index is -0.838. The van der Waals surface area contributed by atoms with Gasteiger partial charge in [0.25, 0.3) is 0 Å². The first-order valence-corrected chi connectivity index (χ1v) is 13.2. The van der Waals surface area contributed by atoms with Crippen molar-refractivity contribution in [1.82, 2.24) is 15.5 Å². The Labute approximate surface area is 218 Å². The Morgan fingerprint density at radius 1 is 1.08 bits per heavy atom. The van der Waals surface area contributed by atoms with Crippen molar-refractivity contribution in [3.63, 3.8) is 0 Å². The highest BCUT2D eigenvalue weighted by molar-refractivity contribution is 5.92.